The molecular weight excluding hydrogens is 411 g/mol. The molecule has 0 bridgehead atoms. The molecule has 0 amide bonds. The van der Waals surface area contributed by atoms with E-state index in [2.05, 4.69) is 20.2 Å². The first-order valence-corrected chi connectivity index (χ1v) is 10.8. The fourth-order valence-electron chi connectivity index (χ4n) is 3.06. The number of ether oxygens (including phenoxy) is 2. The van der Waals surface area contributed by atoms with Gasteiger partial charge < -0.3 is 19.7 Å². The Kier molecular flexibility index (Phi) is 9.78. The van der Waals surface area contributed by atoms with Gasteiger partial charge in [0.1, 0.15) is 17.7 Å². The van der Waals surface area contributed by atoms with E-state index in [1.807, 2.05) is 32.9 Å². The molecule has 1 aliphatic heterocycles. The Morgan fingerprint density at radius 3 is 2.48 bits per heavy atom. The molecule has 0 aliphatic carbocycles. The van der Waals surface area contributed by atoms with Crippen LogP contribution < -0.4 is 14.8 Å². The van der Waals surface area contributed by atoms with Crippen LogP contribution in [0.5, 0.6) is 11.8 Å². The summed E-state index contributed by atoms with van der Waals surface area (Å²) >= 11 is 12.0. The highest BCUT2D eigenvalue weighted by Gasteiger charge is 2.20. The molecule has 0 radical (unpaired) electrons. The first kappa shape index (κ1) is 23.5. The maximum Gasteiger partial charge on any atom is 0.318 e. The predicted molar refractivity (Wildman–Crippen MR) is 120 cm³/mol. The molecule has 0 unspecified atom stereocenters. The van der Waals surface area contributed by atoms with Crippen LogP contribution in [-0.2, 0) is 0 Å². The number of nitrogens with zero attached hydrogens (tertiary/aromatic N) is 3. The third-order valence-corrected chi connectivity index (χ3v) is 5.22. The second-order valence-electron chi connectivity index (χ2n) is 6.54. The Labute approximate surface area is 183 Å². The Morgan fingerprint density at radius 1 is 1.10 bits per heavy atom. The van der Waals surface area contributed by atoms with E-state index in [1.165, 1.54) is 0 Å². The van der Waals surface area contributed by atoms with Crippen LogP contribution in [0.3, 0.4) is 0 Å². The molecule has 0 atom stereocenters. The van der Waals surface area contributed by atoms with Crippen LogP contribution in [0, 0.1) is 6.92 Å². The van der Waals surface area contributed by atoms with Gasteiger partial charge in [0.15, 0.2) is 0 Å². The van der Waals surface area contributed by atoms with E-state index >= 15 is 0 Å². The first-order chi connectivity index (χ1) is 14.0. The minimum atomic E-state index is 0.209. The van der Waals surface area contributed by atoms with E-state index in [4.69, 9.17) is 32.7 Å². The van der Waals surface area contributed by atoms with Crippen LogP contribution in [0.1, 0.15) is 32.4 Å². The van der Waals surface area contributed by atoms with Crippen molar-refractivity contribution >= 4 is 29.0 Å². The second-order valence-corrected chi connectivity index (χ2v) is 7.36. The number of rotatable bonds is 7. The Balaban J connectivity index is 0.00000145. The van der Waals surface area contributed by atoms with E-state index in [1.54, 1.807) is 19.2 Å². The van der Waals surface area contributed by atoms with Crippen molar-refractivity contribution in [1.82, 2.24) is 14.9 Å². The average Bonchev–Trinajstić information content (AvgIpc) is 2.73. The number of piperidine rings is 1. The maximum atomic E-state index is 6.05. The van der Waals surface area contributed by atoms with Gasteiger partial charge in [-0.2, -0.15) is 4.98 Å². The molecule has 160 valence electrons. The summed E-state index contributed by atoms with van der Waals surface area (Å²) in [7, 11) is 1.57. The molecule has 0 saturated carbocycles. The second kappa shape index (κ2) is 12.1. The van der Waals surface area contributed by atoms with Crippen molar-refractivity contribution in [3.05, 3.63) is 40.0 Å². The Hall–Kier alpha value is -1.76. The van der Waals surface area contributed by atoms with Crippen molar-refractivity contribution in [3.63, 3.8) is 0 Å². The van der Waals surface area contributed by atoms with Gasteiger partial charge in [0, 0.05) is 44.0 Å². The fourth-order valence-corrected chi connectivity index (χ4v) is 3.35. The van der Waals surface area contributed by atoms with Crippen molar-refractivity contribution in [1.29, 1.82) is 0 Å². The van der Waals surface area contributed by atoms with Gasteiger partial charge >= 0.3 is 6.01 Å². The summed E-state index contributed by atoms with van der Waals surface area (Å²) in [6.45, 7) is 9.69. The van der Waals surface area contributed by atoms with Crippen molar-refractivity contribution in [3.8, 4) is 11.8 Å². The number of nitrogens with one attached hydrogen (secondary N) is 1. The summed E-state index contributed by atoms with van der Waals surface area (Å²) < 4.78 is 11.1. The summed E-state index contributed by atoms with van der Waals surface area (Å²) in [4.78, 5) is 10.9. The van der Waals surface area contributed by atoms with Crippen LogP contribution >= 0.6 is 23.2 Å². The third kappa shape index (κ3) is 7.53. The topological polar surface area (TPSA) is 59.5 Å². The third-order valence-electron chi connectivity index (χ3n) is 4.48. The maximum absolute atomic E-state index is 6.05. The van der Waals surface area contributed by atoms with Crippen LogP contribution in [0.2, 0.25) is 10.0 Å². The van der Waals surface area contributed by atoms with Crippen molar-refractivity contribution in [2.45, 2.75) is 39.7 Å². The van der Waals surface area contributed by atoms with Crippen LogP contribution in [0.4, 0.5) is 5.82 Å². The Morgan fingerprint density at radius 2 is 1.83 bits per heavy atom. The van der Waals surface area contributed by atoms with Crippen LogP contribution in [0.15, 0.2) is 24.3 Å². The zero-order chi connectivity index (χ0) is 21.2. The lowest BCUT2D eigenvalue weighted by Crippen LogP contribution is -2.40. The van der Waals surface area contributed by atoms with E-state index in [0.717, 1.165) is 56.3 Å². The molecule has 2 aromatic rings. The molecule has 6 nitrogen and oxygen atoms in total. The average molecular weight is 441 g/mol. The molecule has 1 aromatic heterocycles. The van der Waals surface area contributed by atoms with Gasteiger partial charge in [0.25, 0.3) is 0 Å². The highest BCUT2D eigenvalue weighted by Crippen LogP contribution is 2.28. The first-order valence-electron chi connectivity index (χ1n) is 10.0. The van der Waals surface area contributed by atoms with E-state index in [-0.39, 0.29) is 6.10 Å². The van der Waals surface area contributed by atoms with E-state index in [0.29, 0.717) is 16.1 Å². The fraction of sp³-hybridized carbons (Fsp3) is 0.524. The van der Waals surface area contributed by atoms with Gasteiger partial charge in [-0.3, -0.25) is 0 Å². The molecule has 1 aromatic carbocycles. The molecule has 8 heteroatoms. The van der Waals surface area contributed by atoms with Gasteiger partial charge in [0.05, 0.1) is 17.2 Å². The summed E-state index contributed by atoms with van der Waals surface area (Å²) in [6.07, 6.45) is 2.18. The summed E-state index contributed by atoms with van der Waals surface area (Å²) in [6, 6.07) is 7.71. The number of halogens is 2. The monoisotopic (exact) mass is 440 g/mol. The van der Waals surface area contributed by atoms with E-state index < -0.39 is 0 Å². The standard InChI is InChI=1S/C19H24Cl2N4O2.C2H6/c1-13-11-18(24-19(23-13)26-2)22-7-10-25-8-5-14(6-9-25)27-15-3-4-16(20)17(21)12-15;1-2/h3-4,11-12,14H,5-10H2,1-2H3,(H,22,23,24);1-2H3. The lowest BCUT2D eigenvalue weighted by molar-refractivity contribution is 0.103. The van der Waals surface area contributed by atoms with Gasteiger partial charge in [-0.1, -0.05) is 37.0 Å². The quantitative estimate of drug-likeness (QED) is 0.647. The zero-order valence-electron chi connectivity index (χ0n) is 17.5. The molecule has 2 heterocycles. The van der Waals surface area contributed by atoms with Gasteiger partial charge in [0.2, 0.25) is 0 Å². The Bertz CT molecular complexity index is 768. The molecule has 0 spiro atoms. The van der Waals surface area contributed by atoms with Crippen LogP contribution in [-0.4, -0.2) is 54.3 Å². The molecule has 1 N–H and O–H groups in total. The zero-order valence-corrected chi connectivity index (χ0v) is 19.1. The summed E-state index contributed by atoms with van der Waals surface area (Å²) in [5.74, 6) is 1.56. The van der Waals surface area contributed by atoms with Crippen molar-refractivity contribution in [2.24, 2.45) is 0 Å². The number of benzene rings is 1. The molecule has 29 heavy (non-hydrogen) atoms. The minimum Gasteiger partial charge on any atom is -0.490 e. The molecule has 1 saturated heterocycles. The minimum absolute atomic E-state index is 0.209. The predicted octanol–water partition coefficient (Wildman–Crippen LogP) is 5.08. The molecule has 1 aliphatic rings. The summed E-state index contributed by atoms with van der Waals surface area (Å²) in [5.41, 5.74) is 0.879. The SMILES string of the molecule is CC.COc1nc(C)cc(NCCN2CCC(Oc3ccc(Cl)c(Cl)c3)CC2)n1. The van der Waals surface area contributed by atoms with Gasteiger partial charge in [-0.15, -0.1) is 0 Å². The van der Waals surface area contributed by atoms with Gasteiger partial charge in [-0.05, 0) is 31.9 Å². The van der Waals surface area contributed by atoms with Crippen molar-refractivity contribution in [2.75, 3.05) is 38.6 Å². The number of aryl methyl sites for hydroxylation is 1. The number of anilines is 1. The van der Waals surface area contributed by atoms with Crippen molar-refractivity contribution < 1.29 is 9.47 Å². The van der Waals surface area contributed by atoms with Crippen LogP contribution in [0.25, 0.3) is 0 Å². The smallest absolute Gasteiger partial charge is 0.318 e. The number of hydrogen-bond acceptors (Lipinski definition) is 6. The number of likely N-dealkylation sites (tertiary alicyclic amines) is 1. The molecule has 1 fully saturated rings. The highest BCUT2D eigenvalue weighted by molar-refractivity contribution is 6.42. The highest BCUT2D eigenvalue weighted by atomic mass is 35.5. The number of methoxy groups -OCH3 is 1. The molecule has 3 rings (SSSR count). The largest absolute Gasteiger partial charge is 0.490 e. The number of aromatic nitrogens is 2. The van der Waals surface area contributed by atoms with E-state index in [9.17, 15) is 0 Å². The number of hydrogen-bond donors (Lipinski definition) is 1. The normalized spacial score (nSPS) is 14.7. The lowest BCUT2D eigenvalue weighted by Gasteiger charge is -2.32. The summed E-state index contributed by atoms with van der Waals surface area (Å²) in [5, 5.41) is 4.41. The lowest BCUT2D eigenvalue weighted by atomic mass is 10.1. The molecular formula is C21H30Cl2N4O2. The van der Waals surface area contributed by atoms with Gasteiger partial charge in [-0.25, -0.2) is 4.98 Å².